The highest BCUT2D eigenvalue weighted by Crippen LogP contribution is 2.39. The summed E-state index contributed by atoms with van der Waals surface area (Å²) in [5.74, 6) is 0.288. The molecule has 12 nitrogen and oxygen atoms in total. The summed E-state index contributed by atoms with van der Waals surface area (Å²) >= 11 is 5.50. The van der Waals surface area contributed by atoms with Gasteiger partial charge in [0.15, 0.2) is 6.23 Å². The molecule has 1 saturated heterocycles. The Morgan fingerprint density at radius 3 is 2.85 bits per heavy atom. The fourth-order valence-corrected chi connectivity index (χ4v) is 2.79. The van der Waals surface area contributed by atoms with Gasteiger partial charge in [0.25, 0.3) is 5.56 Å². The third-order valence-corrected chi connectivity index (χ3v) is 4.15. The molecule has 0 aliphatic carbocycles. The Labute approximate surface area is 157 Å². The summed E-state index contributed by atoms with van der Waals surface area (Å²) in [5, 5.41) is 23.6. The van der Waals surface area contributed by atoms with E-state index in [1.165, 1.54) is 13.1 Å². The van der Waals surface area contributed by atoms with Crippen molar-refractivity contribution in [1.82, 2.24) is 9.55 Å². The number of aliphatic hydroxyl groups excluding tert-OH is 1. The van der Waals surface area contributed by atoms with Crippen LogP contribution < -0.4 is 11.2 Å². The van der Waals surface area contributed by atoms with Gasteiger partial charge in [-0.1, -0.05) is 5.11 Å². The number of aryl methyl sites for hydroxylation is 1. The molecular weight excluding hydrogens is 386 g/mol. The van der Waals surface area contributed by atoms with E-state index in [-0.39, 0.29) is 31.3 Å². The van der Waals surface area contributed by atoms with Gasteiger partial charge in [-0.3, -0.25) is 14.3 Å². The van der Waals surface area contributed by atoms with Crippen molar-refractivity contribution in [3.63, 3.8) is 0 Å². The molecule has 150 valence electrons. The topological polar surface area (TPSA) is 172 Å². The number of nitrogens with one attached hydrogen (secondary N) is 1. The summed E-state index contributed by atoms with van der Waals surface area (Å²) in [6.07, 6.45) is -2.75. The molecule has 1 aromatic heterocycles. The first-order chi connectivity index (χ1) is 12.9. The van der Waals surface area contributed by atoms with Crippen LogP contribution in [0.15, 0.2) is 20.9 Å². The molecule has 0 saturated carbocycles. The van der Waals surface area contributed by atoms with Gasteiger partial charge in [-0.2, -0.15) is 0 Å². The Balaban J connectivity index is 2.38. The van der Waals surface area contributed by atoms with Gasteiger partial charge in [0.2, 0.25) is 5.72 Å². The van der Waals surface area contributed by atoms with Crippen molar-refractivity contribution in [3.8, 4) is 0 Å². The van der Waals surface area contributed by atoms with E-state index in [9.17, 15) is 19.8 Å². The van der Waals surface area contributed by atoms with Crippen LogP contribution in [0.1, 0.15) is 11.8 Å². The number of aliphatic hydroxyl groups is 2. The fourth-order valence-electron chi connectivity index (χ4n) is 2.69. The maximum absolute atomic E-state index is 12.2. The number of nitrogens with zero attached hydrogens (tertiary/aromatic N) is 4. The van der Waals surface area contributed by atoms with Crippen molar-refractivity contribution >= 4 is 11.6 Å². The quantitative estimate of drug-likeness (QED) is 0.161. The van der Waals surface area contributed by atoms with Crippen LogP contribution in [-0.4, -0.2) is 70.0 Å². The Morgan fingerprint density at radius 1 is 1.48 bits per heavy atom. The second kappa shape index (κ2) is 9.33. The Morgan fingerprint density at radius 2 is 2.22 bits per heavy atom. The average molecular weight is 406 g/mol. The second-order valence-electron chi connectivity index (χ2n) is 5.74. The van der Waals surface area contributed by atoms with Crippen molar-refractivity contribution in [1.29, 1.82) is 0 Å². The molecule has 13 heteroatoms. The molecule has 2 rings (SSSR count). The van der Waals surface area contributed by atoms with Crippen LogP contribution in [0.3, 0.4) is 0 Å². The van der Waals surface area contributed by atoms with E-state index >= 15 is 0 Å². The first-order valence-corrected chi connectivity index (χ1v) is 8.54. The molecule has 1 aliphatic heterocycles. The highest BCUT2D eigenvalue weighted by Gasteiger charge is 2.57. The van der Waals surface area contributed by atoms with Crippen molar-refractivity contribution in [3.05, 3.63) is 43.0 Å². The molecule has 27 heavy (non-hydrogen) atoms. The lowest BCUT2D eigenvalue weighted by molar-refractivity contribution is -0.117. The number of H-pyrrole nitrogens is 1. The molecule has 1 fully saturated rings. The number of halogens is 1. The first-order valence-electron chi connectivity index (χ1n) is 8.01. The maximum atomic E-state index is 12.2. The monoisotopic (exact) mass is 405 g/mol. The van der Waals surface area contributed by atoms with Gasteiger partial charge >= 0.3 is 5.69 Å². The Bertz CT molecular complexity index is 808. The van der Waals surface area contributed by atoms with Crippen LogP contribution in [0.4, 0.5) is 0 Å². The van der Waals surface area contributed by atoms with Crippen LogP contribution >= 0.6 is 11.6 Å². The lowest BCUT2D eigenvalue weighted by Crippen LogP contribution is -2.49. The van der Waals surface area contributed by atoms with Crippen LogP contribution in [0.25, 0.3) is 10.4 Å². The van der Waals surface area contributed by atoms with Crippen molar-refractivity contribution in [2.45, 2.75) is 31.1 Å². The smallest absolute Gasteiger partial charge is 0.330 e. The molecule has 0 spiro atoms. The van der Waals surface area contributed by atoms with Crippen LogP contribution in [0.5, 0.6) is 0 Å². The molecule has 0 unspecified atom stereocenters. The number of alkyl halides is 1. The summed E-state index contributed by atoms with van der Waals surface area (Å²) in [6.45, 7) is 1.13. The summed E-state index contributed by atoms with van der Waals surface area (Å²) in [6, 6.07) is 0. The number of rotatable bonds is 9. The fraction of sp³-hybridized carbons (Fsp3) is 0.714. The molecule has 1 aliphatic rings. The summed E-state index contributed by atoms with van der Waals surface area (Å²) in [4.78, 5) is 28.5. The number of ether oxygens (including phenoxy) is 3. The third kappa shape index (κ3) is 4.50. The molecule has 3 N–H and O–H groups in total. The predicted octanol–water partition coefficient (Wildman–Crippen LogP) is -0.626. The zero-order valence-corrected chi connectivity index (χ0v) is 15.2. The standard InChI is InChI=1S/C14H20ClN5O7/c1-8-6-20(13(23)17-11(8)22)12-10(26-5-4-25-3-2-15)14(24,18-19-16)9(7-21)27-12/h6,9-10,12,21,24H,2-5,7H2,1H3,(H,17,22,23)/t9-,10+,12-,14-/m1/s1. The van der Waals surface area contributed by atoms with Gasteiger partial charge in [-0.25, -0.2) is 4.79 Å². The van der Waals surface area contributed by atoms with Crippen LogP contribution in [0, 0.1) is 6.92 Å². The van der Waals surface area contributed by atoms with E-state index in [4.69, 9.17) is 31.3 Å². The zero-order chi connectivity index (χ0) is 20.0. The van der Waals surface area contributed by atoms with E-state index in [1.807, 2.05) is 0 Å². The SMILES string of the molecule is Cc1cn([C@@H]2O[C@H](CO)[C@](O)(N=[N+]=[N-])[C@H]2OCCOCCCl)c(=O)[nH]c1=O. The lowest BCUT2D eigenvalue weighted by Gasteiger charge is -2.28. The second-order valence-corrected chi connectivity index (χ2v) is 6.12. The highest BCUT2D eigenvalue weighted by atomic mass is 35.5. The van der Waals surface area contributed by atoms with E-state index < -0.39 is 42.0 Å². The summed E-state index contributed by atoms with van der Waals surface area (Å²) in [5.41, 5.74) is 5.34. The third-order valence-electron chi connectivity index (χ3n) is 3.99. The first kappa shape index (κ1) is 21.4. The number of hydrogen-bond donors (Lipinski definition) is 3. The van der Waals surface area contributed by atoms with Gasteiger partial charge in [0, 0.05) is 22.6 Å². The molecular formula is C14H20ClN5O7. The molecule has 0 amide bonds. The van der Waals surface area contributed by atoms with Crippen molar-refractivity contribution in [2.24, 2.45) is 5.11 Å². The normalized spacial score (nSPS) is 27.5. The Kier molecular flexibility index (Phi) is 7.39. The van der Waals surface area contributed by atoms with Crippen molar-refractivity contribution < 1.29 is 24.4 Å². The number of aromatic nitrogens is 2. The van der Waals surface area contributed by atoms with E-state index in [0.717, 1.165) is 4.57 Å². The van der Waals surface area contributed by atoms with Crippen LogP contribution in [0.2, 0.25) is 0 Å². The molecule has 0 radical (unpaired) electrons. The molecule has 1 aromatic rings. The largest absolute Gasteiger partial charge is 0.394 e. The van der Waals surface area contributed by atoms with Gasteiger partial charge in [0.1, 0.15) is 12.2 Å². The lowest BCUT2D eigenvalue weighted by atomic mass is 10.0. The number of azide groups is 1. The van der Waals surface area contributed by atoms with Crippen LogP contribution in [-0.2, 0) is 14.2 Å². The minimum Gasteiger partial charge on any atom is -0.394 e. The number of aromatic amines is 1. The van der Waals surface area contributed by atoms with E-state index in [1.54, 1.807) is 0 Å². The average Bonchev–Trinajstić information content (AvgIpc) is 2.90. The van der Waals surface area contributed by atoms with Gasteiger partial charge in [-0.05, 0) is 12.5 Å². The zero-order valence-electron chi connectivity index (χ0n) is 14.4. The summed E-state index contributed by atoms with van der Waals surface area (Å²) in [7, 11) is 0. The highest BCUT2D eigenvalue weighted by molar-refractivity contribution is 6.17. The predicted molar refractivity (Wildman–Crippen MR) is 92.4 cm³/mol. The minimum atomic E-state index is -2.29. The summed E-state index contributed by atoms with van der Waals surface area (Å²) < 4.78 is 17.3. The molecule has 2 heterocycles. The van der Waals surface area contributed by atoms with E-state index in [0.29, 0.717) is 0 Å². The van der Waals surface area contributed by atoms with Gasteiger partial charge in [-0.15, -0.1) is 11.6 Å². The minimum absolute atomic E-state index is 0.0418. The molecule has 4 atom stereocenters. The number of hydrogen-bond acceptors (Lipinski definition) is 8. The maximum Gasteiger partial charge on any atom is 0.330 e. The molecule has 0 bridgehead atoms. The van der Waals surface area contributed by atoms with Gasteiger partial charge in [0.05, 0.1) is 26.4 Å². The van der Waals surface area contributed by atoms with Gasteiger partial charge < -0.3 is 24.4 Å². The Hall–Kier alpha value is -1.92. The molecule has 0 aromatic carbocycles. The van der Waals surface area contributed by atoms with E-state index in [2.05, 4.69) is 15.0 Å². The van der Waals surface area contributed by atoms with Crippen molar-refractivity contribution in [2.75, 3.05) is 32.3 Å².